The number of carbonyl (C=O) groups excluding carboxylic acids is 3. The zero-order chi connectivity index (χ0) is 30.8. The number of para-hydroxylation sites is 1. The monoisotopic (exact) mass is 623 g/mol. The normalized spacial score (nSPS) is 15.9. The van der Waals surface area contributed by atoms with Crippen molar-refractivity contribution in [2.24, 2.45) is 0 Å². The summed E-state index contributed by atoms with van der Waals surface area (Å²) in [5.41, 5.74) is 7.79. The standard InChI is InChI=1S/C33H33N7O5.CH4/c41-27(39-15-13-38(14-16-39)23-5-2-1-3-6-23)21-45-24-11-9-22(10-12-24)30-29-31(36-35-30)25-7-4-8-26(28(25)32(29)42)34-33(43)37-40-17-19-44-20-18-40;/h1-12H,13-21H2,(H,35,36)(H2,34,37,43);1H4. The number of hydrogen-bond donors (Lipinski definition) is 3. The van der Waals surface area contributed by atoms with Crippen LogP contribution >= 0.6 is 0 Å². The van der Waals surface area contributed by atoms with Gasteiger partial charge in [-0.3, -0.25) is 20.1 Å². The van der Waals surface area contributed by atoms with Crippen molar-refractivity contribution in [1.82, 2.24) is 25.5 Å². The van der Waals surface area contributed by atoms with Crippen LogP contribution in [0.3, 0.4) is 0 Å². The van der Waals surface area contributed by atoms with E-state index in [4.69, 9.17) is 9.47 Å². The second-order valence-electron chi connectivity index (χ2n) is 11.1. The van der Waals surface area contributed by atoms with E-state index in [0.29, 0.717) is 78.9 Å². The van der Waals surface area contributed by atoms with Crippen LogP contribution in [0.5, 0.6) is 5.75 Å². The number of hydrazine groups is 1. The molecule has 2 saturated heterocycles. The third-order valence-electron chi connectivity index (χ3n) is 8.32. The fraction of sp³-hybridized carbons (Fsp3) is 0.294. The number of aromatic nitrogens is 2. The number of hydrogen-bond acceptors (Lipinski definition) is 8. The van der Waals surface area contributed by atoms with Crippen molar-refractivity contribution in [3.8, 4) is 28.3 Å². The van der Waals surface area contributed by atoms with Crippen molar-refractivity contribution in [3.05, 3.63) is 83.9 Å². The molecule has 0 saturated carbocycles. The Morgan fingerprint density at radius 3 is 2.35 bits per heavy atom. The highest BCUT2D eigenvalue weighted by molar-refractivity contribution is 6.26. The van der Waals surface area contributed by atoms with Gasteiger partial charge in [0.2, 0.25) is 0 Å². The van der Waals surface area contributed by atoms with Crippen molar-refractivity contribution in [2.45, 2.75) is 7.43 Å². The number of urea groups is 1. The highest BCUT2D eigenvalue weighted by atomic mass is 16.5. The lowest BCUT2D eigenvalue weighted by Crippen LogP contribution is -2.50. The van der Waals surface area contributed by atoms with Gasteiger partial charge in [-0.05, 0) is 42.5 Å². The molecule has 4 aromatic rings. The lowest BCUT2D eigenvalue weighted by atomic mass is 10.0. The molecule has 0 bridgehead atoms. The molecule has 1 aromatic heterocycles. The number of nitrogens with zero attached hydrogens (tertiary/aromatic N) is 4. The molecule has 0 radical (unpaired) electrons. The largest absolute Gasteiger partial charge is 0.484 e. The van der Waals surface area contributed by atoms with E-state index in [0.717, 1.165) is 24.3 Å². The van der Waals surface area contributed by atoms with Crippen LogP contribution in [0.1, 0.15) is 23.3 Å². The number of morpholine rings is 1. The zero-order valence-corrected chi connectivity index (χ0v) is 24.6. The molecule has 46 heavy (non-hydrogen) atoms. The van der Waals surface area contributed by atoms with Crippen LogP contribution in [-0.2, 0) is 9.53 Å². The molecule has 3 aromatic carbocycles. The Hall–Kier alpha value is -5.20. The summed E-state index contributed by atoms with van der Waals surface area (Å²) < 4.78 is 11.1. The van der Waals surface area contributed by atoms with E-state index >= 15 is 0 Å². The lowest BCUT2D eigenvalue weighted by Gasteiger charge is -2.36. The summed E-state index contributed by atoms with van der Waals surface area (Å²) in [6.07, 6.45) is 0. The Kier molecular flexibility index (Phi) is 8.99. The van der Waals surface area contributed by atoms with Crippen LogP contribution < -0.4 is 20.4 Å². The predicted octanol–water partition coefficient (Wildman–Crippen LogP) is 4.02. The fourth-order valence-corrected chi connectivity index (χ4v) is 5.97. The molecule has 2 fully saturated rings. The van der Waals surface area contributed by atoms with E-state index in [1.54, 1.807) is 29.3 Å². The number of piperazine rings is 1. The van der Waals surface area contributed by atoms with Gasteiger partial charge in [0.1, 0.15) is 11.4 Å². The predicted molar refractivity (Wildman–Crippen MR) is 175 cm³/mol. The lowest BCUT2D eigenvalue weighted by molar-refractivity contribution is -0.133. The second kappa shape index (κ2) is 13.4. The molecule has 238 valence electrons. The number of nitrogens with one attached hydrogen (secondary N) is 3. The summed E-state index contributed by atoms with van der Waals surface area (Å²) in [6.45, 7) is 5.06. The van der Waals surface area contributed by atoms with Crippen molar-refractivity contribution in [2.75, 3.05) is 69.3 Å². The molecule has 1 aliphatic carbocycles. The molecule has 0 spiro atoms. The first kappa shape index (κ1) is 30.8. The van der Waals surface area contributed by atoms with Crippen molar-refractivity contribution < 1.29 is 23.9 Å². The van der Waals surface area contributed by atoms with E-state index in [-0.39, 0.29) is 25.7 Å². The van der Waals surface area contributed by atoms with Gasteiger partial charge in [0.25, 0.3) is 5.91 Å². The van der Waals surface area contributed by atoms with Gasteiger partial charge in [-0.1, -0.05) is 37.8 Å². The maximum absolute atomic E-state index is 13.7. The summed E-state index contributed by atoms with van der Waals surface area (Å²) in [5.74, 6) is 0.280. The summed E-state index contributed by atoms with van der Waals surface area (Å²) in [7, 11) is 0. The summed E-state index contributed by atoms with van der Waals surface area (Å²) in [4.78, 5) is 43.3. The topological polar surface area (TPSA) is 132 Å². The summed E-state index contributed by atoms with van der Waals surface area (Å²) in [6, 6.07) is 22.3. The van der Waals surface area contributed by atoms with Crippen molar-refractivity contribution >= 4 is 29.1 Å². The molecular weight excluding hydrogens is 586 g/mol. The molecule has 2 aliphatic heterocycles. The molecule has 3 N–H and O–H groups in total. The maximum atomic E-state index is 13.7. The number of ether oxygens (including phenoxy) is 2. The van der Waals surface area contributed by atoms with E-state index in [1.807, 2.05) is 41.3 Å². The first-order valence-electron chi connectivity index (χ1n) is 15.0. The van der Waals surface area contributed by atoms with E-state index in [9.17, 15) is 14.4 Å². The van der Waals surface area contributed by atoms with E-state index < -0.39 is 6.03 Å². The number of fused-ring (bicyclic) bond motifs is 3. The molecule has 3 aliphatic rings. The Morgan fingerprint density at radius 2 is 1.61 bits per heavy atom. The first-order valence-corrected chi connectivity index (χ1v) is 15.0. The first-order chi connectivity index (χ1) is 22.0. The maximum Gasteiger partial charge on any atom is 0.333 e. The average Bonchev–Trinajstić information content (AvgIpc) is 3.64. The smallest absolute Gasteiger partial charge is 0.333 e. The molecule has 7 rings (SSSR count). The van der Waals surface area contributed by atoms with Crippen molar-refractivity contribution in [1.29, 1.82) is 0 Å². The highest BCUT2D eigenvalue weighted by Crippen LogP contribution is 2.43. The van der Waals surface area contributed by atoms with Crippen LogP contribution in [0, 0.1) is 0 Å². The Morgan fingerprint density at radius 1 is 0.870 bits per heavy atom. The van der Waals surface area contributed by atoms with Crippen LogP contribution in [0.2, 0.25) is 0 Å². The molecule has 0 atom stereocenters. The quantitative estimate of drug-likeness (QED) is 0.248. The number of benzene rings is 3. The molecule has 3 amide bonds. The number of carbonyl (C=O) groups is 3. The summed E-state index contributed by atoms with van der Waals surface area (Å²) in [5, 5.41) is 12.1. The molecule has 12 nitrogen and oxygen atoms in total. The number of ketones is 1. The van der Waals surface area contributed by atoms with Gasteiger partial charge in [0.15, 0.2) is 12.4 Å². The molecule has 12 heteroatoms. The minimum Gasteiger partial charge on any atom is -0.484 e. The Bertz CT molecular complexity index is 1710. The van der Waals surface area contributed by atoms with E-state index in [2.05, 4.69) is 38.0 Å². The van der Waals surface area contributed by atoms with Gasteiger partial charge < -0.3 is 24.6 Å². The number of anilines is 2. The van der Waals surface area contributed by atoms with Crippen LogP contribution in [0.4, 0.5) is 16.2 Å². The third kappa shape index (κ3) is 6.17. The average molecular weight is 624 g/mol. The summed E-state index contributed by atoms with van der Waals surface area (Å²) >= 11 is 0. The number of aromatic amines is 1. The fourth-order valence-electron chi connectivity index (χ4n) is 5.97. The van der Waals surface area contributed by atoms with Crippen LogP contribution in [0.25, 0.3) is 22.5 Å². The minimum absolute atomic E-state index is 0. The Balaban J connectivity index is 0.00000372. The van der Waals surface area contributed by atoms with Gasteiger partial charge in [0.05, 0.1) is 35.7 Å². The zero-order valence-electron chi connectivity index (χ0n) is 24.6. The van der Waals surface area contributed by atoms with Crippen molar-refractivity contribution in [3.63, 3.8) is 0 Å². The van der Waals surface area contributed by atoms with Gasteiger partial charge in [-0.15, -0.1) is 0 Å². The molecule has 0 unspecified atom stereocenters. The van der Waals surface area contributed by atoms with E-state index in [1.165, 1.54) is 0 Å². The minimum atomic E-state index is -0.421. The number of H-pyrrole nitrogens is 1. The highest BCUT2D eigenvalue weighted by Gasteiger charge is 2.35. The SMILES string of the molecule is C.O=C(Nc1cccc2c1C(=O)c1c(-c3ccc(OCC(=O)N4CCN(c5ccccc5)CC4)cc3)n[nH]c1-2)NN1CCOCC1. The number of rotatable bonds is 7. The van der Waals surface area contributed by atoms with Gasteiger partial charge in [-0.2, -0.15) is 5.10 Å². The van der Waals surface area contributed by atoms with Gasteiger partial charge in [-0.25, -0.2) is 9.80 Å². The molecular formula is C34H37N7O5. The van der Waals surface area contributed by atoms with Crippen LogP contribution in [-0.4, -0.2) is 96.9 Å². The Labute approximate surface area is 267 Å². The van der Waals surface area contributed by atoms with Gasteiger partial charge in [0, 0.05) is 56.1 Å². The third-order valence-corrected chi connectivity index (χ3v) is 8.32. The van der Waals surface area contributed by atoms with Crippen LogP contribution in [0.15, 0.2) is 72.8 Å². The number of amides is 3. The molecule has 3 heterocycles. The van der Waals surface area contributed by atoms with Gasteiger partial charge >= 0.3 is 6.03 Å². The second-order valence-corrected chi connectivity index (χ2v) is 11.1.